The molecule has 0 fully saturated rings. The molecule has 0 spiro atoms. The summed E-state index contributed by atoms with van der Waals surface area (Å²) >= 11 is 0. The predicted octanol–water partition coefficient (Wildman–Crippen LogP) is -1.01. The minimum atomic E-state index is -0.540. The van der Waals surface area contributed by atoms with Gasteiger partial charge < -0.3 is 11.1 Å². The molecule has 17 heavy (non-hydrogen) atoms. The van der Waals surface area contributed by atoms with Gasteiger partial charge >= 0.3 is 5.69 Å². The maximum atomic E-state index is 11.5. The van der Waals surface area contributed by atoms with Crippen molar-refractivity contribution in [1.29, 1.82) is 0 Å². The average Bonchev–Trinajstić information content (AvgIpc) is 2.79. The number of rotatable bonds is 3. The molecule has 0 amide bonds. The van der Waals surface area contributed by atoms with Crippen molar-refractivity contribution in [2.45, 2.75) is 6.54 Å². The van der Waals surface area contributed by atoms with Crippen LogP contribution in [0.2, 0.25) is 0 Å². The average molecular weight is 236 g/mol. The molecule has 0 aliphatic rings. The molecule has 0 aromatic carbocycles. The van der Waals surface area contributed by atoms with Crippen molar-refractivity contribution in [3.05, 3.63) is 38.8 Å². The van der Waals surface area contributed by atoms with Crippen LogP contribution < -0.4 is 22.3 Å². The summed E-state index contributed by atoms with van der Waals surface area (Å²) in [5.74, 6) is 0.0993. The van der Waals surface area contributed by atoms with Crippen molar-refractivity contribution in [3.63, 3.8) is 0 Å². The van der Waals surface area contributed by atoms with E-state index in [-0.39, 0.29) is 11.5 Å². The highest BCUT2D eigenvalue weighted by Gasteiger charge is 2.09. The van der Waals surface area contributed by atoms with E-state index >= 15 is 0 Å². The fraction of sp³-hybridized carbons (Fsp3) is 0.222. The van der Waals surface area contributed by atoms with Crippen LogP contribution in [0.4, 0.5) is 11.5 Å². The summed E-state index contributed by atoms with van der Waals surface area (Å²) in [5, 5.41) is 9.29. The lowest BCUT2D eigenvalue weighted by Crippen LogP contribution is -2.32. The summed E-state index contributed by atoms with van der Waals surface area (Å²) in [6.07, 6.45) is 3.32. The van der Waals surface area contributed by atoms with Crippen molar-refractivity contribution in [3.8, 4) is 0 Å². The molecule has 0 unspecified atom stereocenters. The number of anilines is 2. The van der Waals surface area contributed by atoms with Crippen LogP contribution >= 0.6 is 0 Å². The van der Waals surface area contributed by atoms with E-state index in [1.54, 1.807) is 12.4 Å². The van der Waals surface area contributed by atoms with Gasteiger partial charge in [0.1, 0.15) is 11.5 Å². The van der Waals surface area contributed by atoms with Gasteiger partial charge in [0, 0.05) is 25.4 Å². The number of nitrogens with zero attached hydrogens (tertiary/aromatic N) is 2. The van der Waals surface area contributed by atoms with E-state index in [4.69, 9.17) is 5.73 Å². The molecule has 2 aromatic rings. The lowest BCUT2D eigenvalue weighted by atomic mass is 10.3. The molecule has 2 aromatic heterocycles. The molecule has 0 saturated carbocycles. The fourth-order valence-corrected chi connectivity index (χ4v) is 1.37. The summed E-state index contributed by atoms with van der Waals surface area (Å²) in [4.78, 5) is 24.9. The Bertz CT molecular complexity index is 624. The zero-order valence-corrected chi connectivity index (χ0v) is 9.15. The molecule has 0 saturated heterocycles. The van der Waals surface area contributed by atoms with Crippen molar-refractivity contribution in [2.75, 3.05) is 11.1 Å². The summed E-state index contributed by atoms with van der Waals surface area (Å²) in [5.41, 5.74) is 5.65. The number of aromatic amines is 2. The molecular formula is C9H12N6O2. The highest BCUT2D eigenvalue weighted by Crippen LogP contribution is 2.09. The number of H-pyrrole nitrogens is 2. The second kappa shape index (κ2) is 4.16. The first-order valence-corrected chi connectivity index (χ1v) is 4.90. The molecule has 0 atom stereocenters. The van der Waals surface area contributed by atoms with E-state index in [2.05, 4.69) is 20.5 Å². The van der Waals surface area contributed by atoms with Gasteiger partial charge in [0.25, 0.3) is 5.56 Å². The predicted molar refractivity (Wildman–Crippen MR) is 62.6 cm³/mol. The minimum Gasteiger partial charge on any atom is -0.383 e. The zero-order chi connectivity index (χ0) is 12.4. The zero-order valence-electron chi connectivity index (χ0n) is 9.15. The summed E-state index contributed by atoms with van der Waals surface area (Å²) in [6.45, 7) is 0.391. The van der Waals surface area contributed by atoms with E-state index < -0.39 is 11.2 Å². The maximum absolute atomic E-state index is 11.5. The van der Waals surface area contributed by atoms with Gasteiger partial charge in [-0.25, -0.2) is 4.79 Å². The van der Waals surface area contributed by atoms with Crippen LogP contribution in [0.3, 0.4) is 0 Å². The standard InChI is InChI=1S/C9H12N6O2/c1-15-7(10)6(8(16)14-9(15)17)11-2-5-3-12-13-4-5/h3-4,11H,2,10H2,1H3,(H,12,13)(H,14,16,17). The number of hydrogen-bond donors (Lipinski definition) is 4. The molecule has 90 valence electrons. The summed E-state index contributed by atoms with van der Waals surface area (Å²) in [7, 11) is 1.48. The second-order valence-electron chi connectivity index (χ2n) is 3.54. The summed E-state index contributed by atoms with van der Waals surface area (Å²) in [6, 6.07) is 0. The number of nitrogens with one attached hydrogen (secondary N) is 3. The van der Waals surface area contributed by atoms with Crippen molar-refractivity contribution in [2.24, 2.45) is 7.05 Å². The normalized spacial score (nSPS) is 10.4. The van der Waals surface area contributed by atoms with Gasteiger partial charge in [0.2, 0.25) is 0 Å². The Morgan fingerprint density at radius 1 is 1.53 bits per heavy atom. The largest absolute Gasteiger partial charge is 0.383 e. The first kappa shape index (κ1) is 11.0. The third kappa shape index (κ3) is 2.05. The van der Waals surface area contributed by atoms with Crippen LogP contribution in [-0.2, 0) is 13.6 Å². The van der Waals surface area contributed by atoms with Gasteiger partial charge in [0.05, 0.1) is 6.20 Å². The quantitative estimate of drug-likeness (QED) is 0.544. The van der Waals surface area contributed by atoms with Crippen LogP contribution in [0.1, 0.15) is 5.56 Å². The minimum absolute atomic E-state index is 0.0993. The third-order valence-electron chi connectivity index (χ3n) is 2.39. The number of hydrogen-bond acceptors (Lipinski definition) is 5. The second-order valence-corrected chi connectivity index (χ2v) is 3.54. The molecule has 2 rings (SSSR count). The Kier molecular flexibility index (Phi) is 2.69. The van der Waals surface area contributed by atoms with Crippen LogP contribution in [-0.4, -0.2) is 19.7 Å². The molecule has 0 aliphatic carbocycles. The van der Waals surface area contributed by atoms with Crippen LogP contribution in [0, 0.1) is 0 Å². The topological polar surface area (TPSA) is 122 Å². The van der Waals surface area contributed by atoms with E-state index in [1.807, 2.05) is 0 Å². The Morgan fingerprint density at radius 3 is 2.94 bits per heavy atom. The number of nitrogens with two attached hydrogens (primary N) is 1. The van der Waals surface area contributed by atoms with E-state index in [1.165, 1.54) is 11.6 Å². The number of aromatic nitrogens is 4. The van der Waals surface area contributed by atoms with Gasteiger partial charge in [-0.05, 0) is 0 Å². The molecule has 0 aliphatic heterocycles. The van der Waals surface area contributed by atoms with E-state index in [0.717, 1.165) is 5.56 Å². The Labute approximate surface area is 95.5 Å². The Hall–Kier alpha value is -2.51. The van der Waals surface area contributed by atoms with Crippen molar-refractivity contribution in [1.82, 2.24) is 19.7 Å². The number of nitrogen functional groups attached to an aromatic ring is 1. The van der Waals surface area contributed by atoms with Crippen LogP contribution in [0.25, 0.3) is 0 Å². The van der Waals surface area contributed by atoms with Gasteiger partial charge in [-0.15, -0.1) is 0 Å². The fourth-order valence-electron chi connectivity index (χ4n) is 1.37. The third-order valence-corrected chi connectivity index (χ3v) is 2.39. The molecule has 8 nitrogen and oxygen atoms in total. The monoisotopic (exact) mass is 236 g/mol. The highest BCUT2D eigenvalue weighted by molar-refractivity contribution is 5.60. The highest BCUT2D eigenvalue weighted by atomic mass is 16.2. The molecule has 5 N–H and O–H groups in total. The molecule has 8 heteroatoms. The molecule has 0 bridgehead atoms. The van der Waals surface area contributed by atoms with Crippen molar-refractivity contribution < 1.29 is 0 Å². The van der Waals surface area contributed by atoms with E-state index in [0.29, 0.717) is 6.54 Å². The van der Waals surface area contributed by atoms with Gasteiger partial charge in [-0.3, -0.25) is 19.4 Å². The van der Waals surface area contributed by atoms with Crippen molar-refractivity contribution >= 4 is 11.5 Å². The summed E-state index contributed by atoms with van der Waals surface area (Å²) < 4.78 is 1.17. The van der Waals surface area contributed by atoms with Gasteiger partial charge in [-0.1, -0.05) is 0 Å². The van der Waals surface area contributed by atoms with Crippen LogP contribution in [0.15, 0.2) is 22.0 Å². The molecule has 2 heterocycles. The van der Waals surface area contributed by atoms with Gasteiger partial charge in [-0.2, -0.15) is 5.10 Å². The maximum Gasteiger partial charge on any atom is 0.329 e. The SMILES string of the molecule is Cn1c(N)c(NCc2cn[nH]c2)c(=O)[nH]c1=O. The molecular weight excluding hydrogens is 224 g/mol. The Balaban J connectivity index is 2.30. The smallest absolute Gasteiger partial charge is 0.329 e. The van der Waals surface area contributed by atoms with Crippen LogP contribution in [0.5, 0.6) is 0 Å². The molecule has 0 radical (unpaired) electrons. The van der Waals surface area contributed by atoms with Gasteiger partial charge in [0.15, 0.2) is 0 Å². The first-order chi connectivity index (χ1) is 8.09. The Morgan fingerprint density at radius 2 is 2.29 bits per heavy atom. The lowest BCUT2D eigenvalue weighted by Gasteiger charge is -2.09. The lowest BCUT2D eigenvalue weighted by molar-refractivity contribution is 0.812. The van der Waals surface area contributed by atoms with E-state index in [9.17, 15) is 9.59 Å². The first-order valence-electron chi connectivity index (χ1n) is 4.90.